The van der Waals surface area contributed by atoms with Crippen molar-refractivity contribution in [2.75, 3.05) is 0 Å². The van der Waals surface area contributed by atoms with Gasteiger partial charge in [0.15, 0.2) is 0 Å². The summed E-state index contributed by atoms with van der Waals surface area (Å²) in [5.41, 5.74) is 0.481. The van der Waals surface area contributed by atoms with E-state index in [1.54, 1.807) is 36.4 Å². The molecule has 1 atom stereocenters. The molecule has 0 bridgehead atoms. The Balaban J connectivity index is 2.75. The van der Waals surface area contributed by atoms with E-state index in [-0.39, 0.29) is 0 Å². The van der Waals surface area contributed by atoms with Gasteiger partial charge >= 0.3 is 6.43 Å². The first-order chi connectivity index (χ1) is 7.15. The Hall–Kier alpha value is -1.96. The molecule has 0 aliphatic carbocycles. The van der Waals surface area contributed by atoms with Crippen LogP contribution in [-0.4, -0.2) is 12.3 Å². The van der Waals surface area contributed by atoms with Gasteiger partial charge in [-0.2, -0.15) is 14.0 Å². The van der Waals surface area contributed by atoms with Gasteiger partial charge in [-0.15, -0.1) is 0 Å². The van der Waals surface area contributed by atoms with Gasteiger partial charge < -0.3 is 5.32 Å². The zero-order valence-corrected chi connectivity index (χ0v) is 7.65. The lowest BCUT2D eigenvalue weighted by Gasteiger charge is -2.10. The molecule has 0 aromatic heterocycles. The number of benzene rings is 1. The molecule has 0 radical (unpaired) electrons. The Kier molecular flexibility index (Phi) is 3.75. The van der Waals surface area contributed by atoms with Crippen molar-refractivity contribution in [2.45, 2.75) is 12.5 Å². The molecule has 0 aliphatic rings. The number of carbonyl (C=O) groups excluding carboxylic acids is 1. The van der Waals surface area contributed by atoms with Crippen molar-refractivity contribution in [3.8, 4) is 6.07 Å². The summed E-state index contributed by atoms with van der Waals surface area (Å²) in [5.74, 6) is -1.44. The van der Waals surface area contributed by atoms with E-state index in [2.05, 4.69) is 0 Å². The molecule has 15 heavy (non-hydrogen) atoms. The third-order valence-electron chi connectivity index (χ3n) is 1.75. The van der Waals surface area contributed by atoms with E-state index in [1.807, 2.05) is 5.32 Å². The summed E-state index contributed by atoms with van der Waals surface area (Å²) in [6.45, 7) is 0. The van der Waals surface area contributed by atoms with Gasteiger partial charge in [-0.1, -0.05) is 30.3 Å². The molecule has 0 fully saturated rings. The number of hydrogen-bond donors (Lipinski definition) is 1. The maximum absolute atomic E-state index is 11.9. The van der Waals surface area contributed by atoms with Gasteiger partial charge in [0.25, 0.3) is 5.91 Å². The van der Waals surface area contributed by atoms with Crippen LogP contribution in [-0.2, 0) is 4.79 Å². The number of nitriles is 1. The van der Waals surface area contributed by atoms with Gasteiger partial charge in [0.05, 0.1) is 6.07 Å². The van der Waals surface area contributed by atoms with Crippen molar-refractivity contribution in [2.24, 2.45) is 0 Å². The van der Waals surface area contributed by atoms with E-state index >= 15 is 0 Å². The minimum Gasteiger partial charge on any atom is -0.332 e. The van der Waals surface area contributed by atoms with Crippen LogP contribution < -0.4 is 5.32 Å². The van der Waals surface area contributed by atoms with Crippen LogP contribution in [0.25, 0.3) is 0 Å². The second kappa shape index (κ2) is 5.05. The fourth-order valence-electron chi connectivity index (χ4n) is 1.04. The van der Waals surface area contributed by atoms with Crippen LogP contribution in [0.3, 0.4) is 0 Å². The van der Waals surface area contributed by atoms with Crippen LogP contribution in [0.5, 0.6) is 0 Å². The van der Waals surface area contributed by atoms with Gasteiger partial charge in [-0.05, 0) is 5.56 Å². The lowest BCUT2D eigenvalue weighted by molar-refractivity contribution is -0.132. The highest BCUT2D eigenvalue weighted by molar-refractivity contribution is 5.79. The monoisotopic (exact) mass is 210 g/mol. The van der Waals surface area contributed by atoms with E-state index < -0.39 is 18.4 Å². The van der Waals surface area contributed by atoms with Gasteiger partial charge in [-0.25, -0.2) is 0 Å². The molecule has 1 aromatic carbocycles. The van der Waals surface area contributed by atoms with Crippen molar-refractivity contribution in [3.63, 3.8) is 0 Å². The normalized spacial score (nSPS) is 11.9. The molecule has 1 N–H and O–H groups in total. The minimum atomic E-state index is -3.11. The molecule has 1 amide bonds. The smallest absolute Gasteiger partial charge is 0.315 e. The fraction of sp³-hybridized carbons (Fsp3) is 0.200. The largest absolute Gasteiger partial charge is 0.332 e. The topological polar surface area (TPSA) is 52.9 Å². The first-order valence-corrected chi connectivity index (χ1v) is 4.18. The molecule has 1 unspecified atom stereocenters. The molecular weight excluding hydrogens is 202 g/mol. The molecule has 0 spiro atoms. The SMILES string of the molecule is N#CC(NC(=O)C(F)F)c1ccccc1. The highest BCUT2D eigenvalue weighted by Gasteiger charge is 2.20. The second-order valence-electron chi connectivity index (χ2n) is 2.78. The Bertz CT molecular complexity index is 373. The van der Waals surface area contributed by atoms with Crippen LogP contribution in [0.15, 0.2) is 30.3 Å². The van der Waals surface area contributed by atoms with Crippen LogP contribution in [0.1, 0.15) is 11.6 Å². The lowest BCUT2D eigenvalue weighted by Crippen LogP contribution is -2.32. The number of carbonyl (C=O) groups is 1. The standard InChI is InChI=1S/C10H8F2N2O/c11-9(12)10(15)14-8(6-13)7-4-2-1-3-5-7/h1-5,8-9H,(H,14,15). The first-order valence-electron chi connectivity index (χ1n) is 4.18. The van der Waals surface area contributed by atoms with Crippen molar-refractivity contribution in [1.29, 1.82) is 5.26 Å². The number of rotatable bonds is 3. The van der Waals surface area contributed by atoms with E-state index in [4.69, 9.17) is 5.26 Å². The summed E-state index contributed by atoms with van der Waals surface area (Å²) in [6, 6.07) is 8.92. The molecule has 0 aliphatic heterocycles. The molecule has 0 heterocycles. The number of alkyl halides is 2. The second-order valence-corrected chi connectivity index (χ2v) is 2.78. The Labute approximate surface area is 85.3 Å². The number of hydrogen-bond acceptors (Lipinski definition) is 2. The summed E-state index contributed by atoms with van der Waals surface area (Å²) in [5, 5.41) is 10.6. The maximum atomic E-state index is 11.9. The zero-order valence-electron chi connectivity index (χ0n) is 7.65. The maximum Gasteiger partial charge on any atom is 0.315 e. The molecule has 5 heteroatoms. The number of nitrogens with zero attached hydrogens (tertiary/aromatic N) is 1. The van der Waals surface area contributed by atoms with Crippen molar-refractivity contribution < 1.29 is 13.6 Å². The zero-order chi connectivity index (χ0) is 11.3. The van der Waals surface area contributed by atoms with Crippen LogP contribution in [0.2, 0.25) is 0 Å². The molecule has 0 saturated carbocycles. The number of nitrogens with one attached hydrogen (secondary N) is 1. The first kappa shape index (κ1) is 11.1. The van der Waals surface area contributed by atoms with E-state index in [1.165, 1.54) is 0 Å². The predicted octanol–water partition coefficient (Wildman–Crippen LogP) is 1.63. The molecular formula is C10H8F2N2O. The van der Waals surface area contributed by atoms with E-state index in [0.717, 1.165) is 0 Å². The van der Waals surface area contributed by atoms with Gasteiger partial charge in [0, 0.05) is 0 Å². The quantitative estimate of drug-likeness (QED) is 0.824. The predicted molar refractivity (Wildman–Crippen MR) is 48.9 cm³/mol. The van der Waals surface area contributed by atoms with Crippen molar-refractivity contribution in [3.05, 3.63) is 35.9 Å². The summed E-state index contributed by atoms with van der Waals surface area (Å²) >= 11 is 0. The van der Waals surface area contributed by atoms with Gasteiger partial charge in [-0.3, -0.25) is 4.79 Å². The average molecular weight is 210 g/mol. The Morgan fingerprint density at radius 1 is 1.33 bits per heavy atom. The van der Waals surface area contributed by atoms with Gasteiger partial charge in [0.2, 0.25) is 0 Å². The van der Waals surface area contributed by atoms with Crippen molar-refractivity contribution in [1.82, 2.24) is 5.32 Å². The third kappa shape index (κ3) is 3.02. The Morgan fingerprint density at radius 2 is 1.93 bits per heavy atom. The highest BCUT2D eigenvalue weighted by Crippen LogP contribution is 2.11. The average Bonchev–Trinajstić information content (AvgIpc) is 2.26. The summed E-state index contributed by atoms with van der Waals surface area (Å²) in [7, 11) is 0. The number of amides is 1. The van der Waals surface area contributed by atoms with E-state index in [0.29, 0.717) is 5.56 Å². The molecule has 0 saturated heterocycles. The molecule has 1 rings (SSSR count). The van der Waals surface area contributed by atoms with Gasteiger partial charge in [0.1, 0.15) is 6.04 Å². The highest BCUT2D eigenvalue weighted by atomic mass is 19.3. The fourth-order valence-corrected chi connectivity index (χ4v) is 1.04. The van der Waals surface area contributed by atoms with E-state index in [9.17, 15) is 13.6 Å². The molecule has 3 nitrogen and oxygen atoms in total. The number of halogens is 2. The summed E-state index contributed by atoms with van der Waals surface area (Å²) in [6.07, 6.45) is -3.11. The molecule has 1 aromatic rings. The Morgan fingerprint density at radius 3 is 2.40 bits per heavy atom. The minimum absolute atomic E-state index is 0.481. The van der Waals surface area contributed by atoms with Crippen LogP contribution in [0.4, 0.5) is 8.78 Å². The van der Waals surface area contributed by atoms with Crippen molar-refractivity contribution >= 4 is 5.91 Å². The molecule has 78 valence electrons. The van der Waals surface area contributed by atoms with Crippen LogP contribution >= 0.6 is 0 Å². The third-order valence-corrected chi connectivity index (χ3v) is 1.75. The summed E-state index contributed by atoms with van der Waals surface area (Å²) < 4.78 is 23.8. The lowest BCUT2D eigenvalue weighted by atomic mass is 10.1. The summed E-state index contributed by atoms with van der Waals surface area (Å²) in [4.78, 5) is 10.7. The van der Waals surface area contributed by atoms with Crippen LogP contribution in [0, 0.1) is 11.3 Å².